The van der Waals surface area contributed by atoms with Crippen LogP contribution in [0.1, 0.15) is 11.3 Å². The van der Waals surface area contributed by atoms with Crippen LogP contribution in [0.4, 0.5) is 5.82 Å². The Morgan fingerprint density at radius 2 is 2.00 bits per heavy atom. The van der Waals surface area contributed by atoms with Gasteiger partial charge >= 0.3 is 0 Å². The molecule has 1 aromatic carbocycles. The Labute approximate surface area is 141 Å². The Balaban J connectivity index is 1.71. The van der Waals surface area contributed by atoms with E-state index in [0.29, 0.717) is 6.54 Å². The van der Waals surface area contributed by atoms with E-state index in [9.17, 15) is 4.79 Å². The molecule has 0 amide bonds. The lowest BCUT2D eigenvalue weighted by Crippen LogP contribution is -2.34. The number of nitrogens with zero attached hydrogens (tertiary/aromatic N) is 4. The first-order valence-electron chi connectivity index (χ1n) is 7.47. The monoisotopic (exact) mass is 370 g/mol. The first-order chi connectivity index (χ1) is 11.1. The summed E-state index contributed by atoms with van der Waals surface area (Å²) in [7, 11) is 1.69. The number of fused-ring (bicyclic) bond motifs is 2. The van der Waals surface area contributed by atoms with Gasteiger partial charge in [0.25, 0.3) is 5.56 Å². The summed E-state index contributed by atoms with van der Waals surface area (Å²) < 4.78 is 2.42. The second-order valence-corrected chi connectivity index (χ2v) is 6.67. The van der Waals surface area contributed by atoms with Gasteiger partial charge in [-0.3, -0.25) is 4.79 Å². The Morgan fingerprint density at radius 3 is 2.87 bits per heavy atom. The number of hydrogen-bond donors (Lipinski definition) is 0. The summed E-state index contributed by atoms with van der Waals surface area (Å²) in [6.07, 6.45) is 0.821. The van der Waals surface area contributed by atoms with Crippen molar-refractivity contribution in [1.82, 2.24) is 14.8 Å². The summed E-state index contributed by atoms with van der Waals surface area (Å²) in [6, 6.07) is 11.9. The summed E-state index contributed by atoms with van der Waals surface area (Å²) in [4.78, 5) is 18.8. The maximum Gasteiger partial charge on any atom is 0.266 e. The molecule has 6 heteroatoms. The normalized spacial score (nSPS) is 14.1. The van der Waals surface area contributed by atoms with Gasteiger partial charge in [0.15, 0.2) is 0 Å². The van der Waals surface area contributed by atoms with E-state index in [1.807, 2.05) is 18.2 Å². The van der Waals surface area contributed by atoms with E-state index in [0.717, 1.165) is 45.4 Å². The molecule has 23 heavy (non-hydrogen) atoms. The second-order valence-electron chi connectivity index (χ2n) is 5.76. The SMILES string of the molecule is Cn1nc2c(cc1=O)CN(c1ccc3ccc(Br)cc3n1)CC2. The largest absolute Gasteiger partial charge is 0.352 e. The van der Waals surface area contributed by atoms with E-state index in [1.54, 1.807) is 13.1 Å². The molecule has 116 valence electrons. The van der Waals surface area contributed by atoms with E-state index in [1.165, 1.54) is 4.68 Å². The predicted octanol–water partition coefficient (Wildman–Crippen LogP) is 2.65. The summed E-state index contributed by atoms with van der Waals surface area (Å²) in [5.41, 5.74) is 2.90. The van der Waals surface area contributed by atoms with Crippen LogP contribution in [0.3, 0.4) is 0 Å². The third-order valence-electron chi connectivity index (χ3n) is 4.20. The van der Waals surface area contributed by atoms with E-state index < -0.39 is 0 Å². The molecule has 0 saturated carbocycles. The smallest absolute Gasteiger partial charge is 0.266 e. The molecule has 0 N–H and O–H groups in total. The molecular formula is C17H15BrN4O. The van der Waals surface area contributed by atoms with Crippen LogP contribution in [0, 0.1) is 0 Å². The Morgan fingerprint density at radius 1 is 1.17 bits per heavy atom. The van der Waals surface area contributed by atoms with Crippen molar-refractivity contribution in [3.8, 4) is 0 Å². The molecule has 0 bridgehead atoms. The van der Waals surface area contributed by atoms with Crippen LogP contribution in [0.5, 0.6) is 0 Å². The number of benzene rings is 1. The molecule has 0 fully saturated rings. The lowest BCUT2D eigenvalue weighted by molar-refractivity contribution is 0.622. The number of rotatable bonds is 1. The first-order valence-corrected chi connectivity index (χ1v) is 8.27. The van der Waals surface area contributed by atoms with Crippen molar-refractivity contribution in [3.63, 3.8) is 0 Å². The molecule has 0 radical (unpaired) electrons. The minimum absolute atomic E-state index is 0.0685. The fourth-order valence-electron chi connectivity index (χ4n) is 2.94. The van der Waals surface area contributed by atoms with Crippen molar-refractivity contribution < 1.29 is 0 Å². The molecule has 5 nitrogen and oxygen atoms in total. The Bertz CT molecular complexity index is 966. The Kier molecular flexibility index (Phi) is 3.41. The standard InChI is InChI=1S/C17H15BrN4O/c1-21-17(23)8-12-10-22(7-6-14(12)20-21)16-5-3-11-2-4-13(18)9-15(11)19-16/h2-5,8-9H,6-7,10H2,1H3. The molecule has 3 heterocycles. The lowest BCUT2D eigenvalue weighted by Gasteiger charge is -2.29. The van der Waals surface area contributed by atoms with Crippen LogP contribution in [-0.2, 0) is 20.0 Å². The van der Waals surface area contributed by atoms with Crippen molar-refractivity contribution in [2.45, 2.75) is 13.0 Å². The van der Waals surface area contributed by atoms with Crippen LogP contribution < -0.4 is 10.5 Å². The molecule has 0 aliphatic carbocycles. The highest BCUT2D eigenvalue weighted by molar-refractivity contribution is 9.10. The number of aryl methyl sites for hydroxylation is 1. The average molecular weight is 371 g/mol. The van der Waals surface area contributed by atoms with E-state index in [-0.39, 0.29) is 5.56 Å². The van der Waals surface area contributed by atoms with E-state index >= 15 is 0 Å². The summed E-state index contributed by atoms with van der Waals surface area (Å²) in [5.74, 6) is 0.932. The molecule has 0 spiro atoms. The predicted molar refractivity (Wildman–Crippen MR) is 93.7 cm³/mol. The minimum Gasteiger partial charge on any atom is -0.352 e. The quantitative estimate of drug-likeness (QED) is 0.660. The molecule has 1 aliphatic heterocycles. The summed E-state index contributed by atoms with van der Waals surface area (Å²) >= 11 is 3.49. The number of anilines is 1. The van der Waals surface area contributed by atoms with Gasteiger partial charge in [0.05, 0.1) is 11.2 Å². The summed E-state index contributed by atoms with van der Waals surface area (Å²) in [5, 5.41) is 5.47. The fourth-order valence-corrected chi connectivity index (χ4v) is 3.29. The van der Waals surface area contributed by atoms with Gasteiger partial charge in [-0.2, -0.15) is 5.10 Å². The van der Waals surface area contributed by atoms with Gasteiger partial charge in [0.1, 0.15) is 5.82 Å². The maximum atomic E-state index is 11.8. The van der Waals surface area contributed by atoms with Gasteiger partial charge in [-0.1, -0.05) is 22.0 Å². The molecule has 0 unspecified atom stereocenters. The van der Waals surface area contributed by atoms with Gasteiger partial charge in [-0.25, -0.2) is 9.67 Å². The van der Waals surface area contributed by atoms with Gasteiger partial charge in [-0.05, 0) is 24.3 Å². The zero-order valence-corrected chi connectivity index (χ0v) is 14.2. The van der Waals surface area contributed by atoms with Crippen LogP contribution in [-0.4, -0.2) is 21.3 Å². The highest BCUT2D eigenvalue weighted by atomic mass is 79.9. The van der Waals surface area contributed by atoms with Crippen LogP contribution in [0.25, 0.3) is 10.9 Å². The van der Waals surface area contributed by atoms with Gasteiger partial charge < -0.3 is 4.90 Å². The highest BCUT2D eigenvalue weighted by Gasteiger charge is 2.20. The van der Waals surface area contributed by atoms with Gasteiger partial charge in [-0.15, -0.1) is 0 Å². The van der Waals surface area contributed by atoms with Crippen LogP contribution >= 0.6 is 15.9 Å². The van der Waals surface area contributed by atoms with Crippen molar-refractivity contribution in [2.75, 3.05) is 11.4 Å². The van der Waals surface area contributed by atoms with Crippen molar-refractivity contribution >= 4 is 32.7 Å². The fraction of sp³-hybridized carbons (Fsp3) is 0.235. The van der Waals surface area contributed by atoms with Crippen molar-refractivity contribution in [2.24, 2.45) is 7.05 Å². The first kappa shape index (κ1) is 14.4. The van der Waals surface area contributed by atoms with Gasteiger partial charge in [0, 0.05) is 48.0 Å². The number of aromatic nitrogens is 3. The molecule has 1 aliphatic rings. The highest BCUT2D eigenvalue weighted by Crippen LogP contribution is 2.25. The minimum atomic E-state index is -0.0685. The Hall–Kier alpha value is -2.21. The van der Waals surface area contributed by atoms with Crippen molar-refractivity contribution in [1.29, 1.82) is 0 Å². The summed E-state index contributed by atoms with van der Waals surface area (Å²) in [6.45, 7) is 1.52. The molecule has 0 atom stereocenters. The molecule has 3 aromatic rings. The lowest BCUT2D eigenvalue weighted by atomic mass is 10.1. The van der Waals surface area contributed by atoms with Crippen LogP contribution in [0.15, 0.2) is 45.7 Å². The third kappa shape index (κ3) is 2.63. The van der Waals surface area contributed by atoms with Crippen LogP contribution in [0.2, 0.25) is 0 Å². The average Bonchev–Trinajstić information content (AvgIpc) is 2.55. The second kappa shape index (κ2) is 5.45. The molecule has 0 saturated heterocycles. The topological polar surface area (TPSA) is 51.0 Å². The van der Waals surface area contributed by atoms with Crippen molar-refractivity contribution in [3.05, 3.63) is 62.5 Å². The van der Waals surface area contributed by atoms with E-state index in [2.05, 4.69) is 38.1 Å². The maximum absolute atomic E-state index is 11.8. The zero-order valence-electron chi connectivity index (χ0n) is 12.7. The molecule has 4 rings (SSSR count). The third-order valence-corrected chi connectivity index (χ3v) is 4.69. The number of hydrogen-bond acceptors (Lipinski definition) is 4. The zero-order chi connectivity index (χ0) is 16.0. The van der Waals surface area contributed by atoms with E-state index in [4.69, 9.17) is 4.98 Å². The number of pyridine rings is 1. The molecular weight excluding hydrogens is 356 g/mol. The molecule has 2 aromatic heterocycles. The van der Waals surface area contributed by atoms with Gasteiger partial charge in [0.2, 0.25) is 0 Å². The number of halogens is 1.